The number of piperidine rings is 1. The fraction of sp³-hybridized carbons (Fsp3) is 1.00. The first-order chi connectivity index (χ1) is 8.36. The number of rotatable bonds is 9. The molecule has 1 aliphatic rings. The van der Waals surface area contributed by atoms with Crippen LogP contribution in [0.1, 0.15) is 39.0 Å². The van der Waals surface area contributed by atoms with Gasteiger partial charge in [-0.2, -0.15) is 0 Å². The number of hydrogen-bond donors (Lipinski definition) is 1. The lowest BCUT2D eigenvalue weighted by molar-refractivity contribution is 0.178. The van der Waals surface area contributed by atoms with Crippen LogP contribution in [0.5, 0.6) is 0 Å². The van der Waals surface area contributed by atoms with Gasteiger partial charge in [-0.25, -0.2) is 0 Å². The van der Waals surface area contributed by atoms with Gasteiger partial charge in [0.05, 0.1) is 6.61 Å². The molecule has 0 radical (unpaired) electrons. The van der Waals surface area contributed by atoms with Crippen molar-refractivity contribution in [2.24, 2.45) is 5.92 Å². The third kappa shape index (κ3) is 7.02. The van der Waals surface area contributed by atoms with Gasteiger partial charge in [0.25, 0.3) is 0 Å². The van der Waals surface area contributed by atoms with Crippen LogP contribution in [0.2, 0.25) is 0 Å². The minimum absolute atomic E-state index is 0.824. The summed E-state index contributed by atoms with van der Waals surface area (Å²) >= 11 is 0. The largest absolute Gasteiger partial charge is 0.383 e. The van der Waals surface area contributed by atoms with Crippen molar-refractivity contribution in [3.8, 4) is 0 Å². The lowest BCUT2D eigenvalue weighted by Crippen LogP contribution is -2.34. The second kappa shape index (κ2) is 9.86. The Morgan fingerprint density at radius 1 is 1.18 bits per heavy atom. The van der Waals surface area contributed by atoms with Gasteiger partial charge < -0.3 is 15.0 Å². The van der Waals surface area contributed by atoms with Crippen molar-refractivity contribution in [1.29, 1.82) is 0 Å². The second-order valence-corrected chi connectivity index (χ2v) is 5.14. The first-order valence-corrected chi connectivity index (χ1v) is 7.28. The van der Waals surface area contributed by atoms with E-state index < -0.39 is 0 Å². The van der Waals surface area contributed by atoms with E-state index in [1.807, 2.05) is 0 Å². The fourth-order valence-corrected chi connectivity index (χ4v) is 2.50. The Hall–Kier alpha value is -0.120. The lowest BCUT2D eigenvalue weighted by atomic mass is 9.94. The number of methoxy groups -OCH3 is 1. The predicted molar refractivity (Wildman–Crippen MR) is 73.4 cm³/mol. The second-order valence-electron chi connectivity index (χ2n) is 5.14. The number of nitrogens with zero attached hydrogens (tertiary/aromatic N) is 1. The number of unbranched alkanes of at least 4 members (excludes halogenated alkanes) is 1. The lowest BCUT2D eigenvalue weighted by Gasteiger charge is -2.31. The molecule has 1 saturated heterocycles. The molecule has 3 heteroatoms. The quantitative estimate of drug-likeness (QED) is 0.627. The van der Waals surface area contributed by atoms with E-state index in [0.717, 1.165) is 25.6 Å². The van der Waals surface area contributed by atoms with E-state index >= 15 is 0 Å². The van der Waals surface area contributed by atoms with E-state index in [0.29, 0.717) is 0 Å². The molecule has 0 spiro atoms. The maximum absolute atomic E-state index is 4.99. The van der Waals surface area contributed by atoms with Crippen LogP contribution in [-0.4, -0.2) is 51.3 Å². The average Bonchev–Trinajstić information content (AvgIpc) is 2.38. The van der Waals surface area contributed by atoms with Crippen molar-refractivity contribution in [3.05, 3.63) is 0 Å². The van der Waals surface area contributed by atoms with Crippen molar-refractivity contribution in [1.82, 2.24) is 10.2 Å². The molecule has 1 heterocycles. The first-order valence-electron chi connectivity index (χ1n) is 7.28. The number of nitrogens with one attached hydrogen (secondary N) is 1. The SMILES string of the molecule is CCC1CCN(CCCCNCCOC)CC1. The Bertz CT molecular complexity index is 168. The van der Waals surface area contributed by atoms with Gasteiger partial charge in [-0.05, 0) is 57.8 Å². The van der Waals surface area contributed by atoms with Crippen LogP contribution in [0.15, 0.2) is 0 Å². The minimum atomic E-state index is 0.824. The van der Waals surface area contributed by atoms with Gasteiger partial charge in [0.1, 0.15) is 0 Å². The highest BCUT2D eigenvalue weighted by molar-refractivity contribution is 4.71. The molecule has 102 valence electrons. The molecule has 1 fully saturated rings. The van der Waals surface area contributed by atoms with E-state index in [1.54, 1.807) is 7.11 Å². The van der Waals surface area contributed by atoms with Crippen molar-refractivity contribution in [2.45, 2.75) is 39.0 Å². The maximum Gasteiger partial charge on any atom is 0.0587 e. The van der Waals surface area contributed by atoms with E-state index in [-0.39, 0.29) is 0 Å². The molecule has 0 saturated carbocycles. The molecule has 1 aliphatic heterocycles. The fourth-order valence-electron chi connectivity index (χ4n) is 2.50. The molecule has 17 heavy (non-hydrogen) atoms. The van der Waals surface area contributed by atoms with Crippen LogP contribution in [0.4, 0.5) is 0 Å². The Labute approximate surface area is 107 Å². The standard InChI is InChI=1S/C14H30N2O/c1-3-14-6-11-16(12-7-14)10-5-4-8-15-9-13-17-2/h14-15H,3-13H2,1-2H3. The van der Waals surface area contributed by atoms with Crippen LogP contribution >= 0.6 is 0 Å². The number of ether oxygens (including phenoxy) is 1. The molecule has 1 rings (SSSR count). The Morgan fingerprint density at radius 3 is 2.59 bits per heavy atom. The molecule has 0 aromatic rings. The van der Waals surface area contributed by atoms with Gasteiger partial charge in [0, 0.05) is 13.7 Å². The summed E-state index contributed by atoms with van der Waals surface area (Å²) in [6.07, 6.45) is 6.83. The van der Waals surface area contributed by atoms with E-state index in [1.165, 1.54) is 51.7 Å². The molecule has 0 aliphatic carbocycles. The molecule has 0 bridgehead atoms. The molecule has 0 aromatic carbocycles. The predicted octanol–water partition coefficient (Wildman–Crippen LogP) is 2.12. The minimum Gasteiger partial charge on any atom is -0.383 e. The van der Waals surface area contributed by atoms with Crippen molar-refractivity contribution in [3.63, 3.8) is 0 Å². The van der Waals surface area contributed by atoms with E-state index in [9.17, 15) is 0 Å². The summed E-state index contributed by atoms with van der Waals surface area (Å²) in [5, 5.41) is 3.40. The van der Waals surface area contributed by atoms with Crippen molar-refractivity contribution < 1.29 is 4.74 Å². The molecule has 0 atom stereocenters. The van der Waals surface area contributed by atoms with Crippen LogP contribution in [0.3, 0.4) is 0 Å². The molecular weight excluding hydrogens is 212 g/mol. The molecule has 0 unspecified atom stereocenters. The van der Waals surface area contributed by atoms with Gasteiger partial charge in [-0.1, -0.05) is 13.3 Å². The summed E-state index contributed by atoms with van der Waals surface area (Å²) in [6.45, 7) is 9.22. The summed E-state index contributed by atoms with van der Waals surface area (Å²) in [4.78, 5) is 2.64. The van der Waals surface area contributed by atoms with Gasteiger partial charge in [0.2, 0.25) is 0 Å². The highest BCUT2D eigenvalue weighted by Gasteiger charge is 2.16. The average molecular weight is 242 g/mol. The van der Waals surface area contributed by atoms with E-state index in [2.05, 4.69) is 17.1 Å². The van der Waals surface area contributed by atoms with Crippen LogP contribution in [-0.2, 0) is 4.74 Å². The molecule has 0 amide bonds. The zero-order valence-electron chi connectivity index (χ0n) is 11.7. The topological polar surface area (TPSA) is 24.5 Å². The normalized spacial score (nSPS) is 18.7. The zero-order valence-corrected chi connectivity index (χ0v) is 11.7. The smallest absolute Gasteiger partial charge is 0.0587 e. The first kappa shape index (κ1) is 14.9. The van der Waals surface area contributed by atoms with Crippen molar-refractivity contribution >= 4 is 0 Å². The van der Waals surface area contributed by atoms with E-state index in [4.69, 9.17) is 4.74 Å². The highest BCUT2D eigenvalue weighted by atomic mass is 16.5. The van der Waals surface area contributed by atoms with Gasteiger partial charge in [0.15, 0.2) is 0 Å². The number of likely N-dealkylation sites (tertiary alicyclic amines) is 1. The maximum atomic E-state index is 4.99. The Morgan fingerprint density at radius 2 is 1.94 bits per heavy atom. The van der Waals surface area contributed by atoms with Crippen LogP contribution < -0.4 is 5.32 Å². The summed E-state index contributed by atoms with van der Waals surface area (Å²) in [7, 11) is 1.75. The van der Waals surface area contributed by atoms with Gasteiger partial charge in [-0.3, -0.25) is 0 Å². The summed E-state index contributed by atoms with van der Waals surface area (Å²) in [5.74, 6) is 1.00. The zero-order chi connectivity index (χ0) is 12.3. The highest BCUT2D eigenvalue weighted by Crippen LogP contribution is 2.19. The third-order valence-electron chi connectivity index (χ3n) is 3.85. The molecule has 1 N–H and O–H groups in total. The van der Waals surface area contributed by atoms with Crippen LogP contribution in [0.25, 0.3) is 0 Å². The molecule has 3 nitrogen and oxygen atoms in total. The summed E-state index contributed by atoms with van der Waals surface area (Å²) in [6, 6.07) is 0. The third-order valence-corrected chi connectivity index (χ3v) is 3.85. The van der Waals surface area contributed by atoms with Gasteiger partial charge >= 0.3 is 0 Å². The molecular formula is C14H30N2O. The number of hydrogen-bond acceptors (Lipinski definition) is 3. The summed E-state index contributed by atoms with van der Waals surface area (Å²) < 4.78 is 4.99. The Balaban J connectivity index is 1.87. The molecule has 0 aromatic heterocycles. The monoisotopic (exact) mass is 242 g/mol. The van der Waals surface area contributed by atoms with Crippen molar-refractivity contribution in [2.75, 3.05) is 46.4 Å². The Kier molecular flexibility index (Phi) is 8.67. The summed E-state index contributed by atoms with van der Waals surface area (Å²) in [5.41, 5.74) is 0. The van der Waals surface area contributed by atoms with Crippen LogP contribution in [0, 0.1) is 5.92 Å². The van der Waals surface area contributed by atoms with Gasteiger partial charge in [-0.15, -0.1) is 0 Å².